The molecule has 0 spiro atoms. The van der Waals surface area contributed by atoms with Crippen molar-refractivity contribution in [2.24, 2.45) is 22.7 Å². The number of amides is 2. The van der Waals surface area contributed by atoms with E-state index in [-0.39, 0.29) is 48.1 Å². The smallest absolute Gasteiger partial charge is 0.407 e. The Morgan fingerprint density at radius 1 is 0.870 bits per heavy atom. The Hall–Kier alpha value is -4.81. The molecule has 12 nitrogen and oxygen atoms in total. The Morgan fingerprint density at radius 2 is 1.50 bits per heavy atom. The summed E-state index contributed by atoms with van der Waals surface area (Å²) >= 11 is 0. The summed E-state index contributed by atoms with van der Waals surface area (Å²) in [4.78, 5) is 54.5. The SMILES string of the molecule is COC(=O)C[C@@H](C(C)C)[C@@H](O)N1CCC[C@H]1C1=NC=C(c2ccc(-c3ccc(-c4cnc([C@@H]5CCCN5C(=O)[C@@H](NC(=O)OC)C(C)C)[nH]4)cc3)cc2)C1. The summed E-state index contributed by atoms with van der Waals surface area (Å²) in [6.07, 6.45) is 6.89. The van der Waals surface area contributed by atoms with Gasteiger partial charge in [0.05, 0.1) is 44.6 Å². The molecular weight excluding hydrogens is 684 g/mol. The number of aromatic nitrogens is 2. The third-order valence-corrected chi connectivity index (χ3v) is 11.3. The van der Waals surface area contributed by atoms with E-state index in [4.69, 9.17) is 14.5 Å². The number of H-pyrrole nitrogens is 1. The van der Waals surface area contributed by atoms with Crippen molar-refractivity contribution < 1.29 is 29.0 Å². The Labute approximate surface area is 318 Å². The van der Waals surface area contributed by atoms with Crippen molar-refractivity contribution in [3.05, 3.63) is 72.3 Å². The van der Waals surface area contributed by atoms with Gasteiger partial charge in [-0.05, 0) is 65.3 Å². The summed E-state index contributed by atoms with van der Waals surface area (Å²) in [6.45, 7) is 9.26. The van der Waals surface area contributed by atoms with E-state index in [1.807, 2.05) is 45.0 Å². The van der Waals surface area contributed by atoms with Crippen molar-refractivity contribution in [3.63, 3.8) is 0 Å². The number of aromatic amines is 1. The van der Waals surface area contributed by atoms with Gasteiger partial charge in [-0.1, -0.05) is 76.2 Å². The number of carbonyl (C=O) groups is 3. The number of alkyl carbamates (subject to hydrolysis) is 1. The molecule has 4 heterocycles. The second-order valence-electron chi connectivity index (χ2n) is 15.3. The number of allylic oxidation sites excluding steroid dienone is 1. The fourth-order valence-electron chi connectivity index (χ4n) is 8.06. The highest BCUT2D eigenvalue weighted by molar-refractivity contribution is 6.01. The molecule has 12 heteroatoms. The molecule has 0 saturated carbocycles. The van der Waals surface area contributed by atoms with Crippen LogP contribution in [0.3, 0.4) is 0 Å². The standard InChI is InChI=1S/C42H54N6O6/c1-25(2)32(22-37(49)53-5)40(50)47-19-7-9-35(47)33-21-31(23-43-33)29-13-11-27(12-14-29)28-15-17-30(18-16-28)34-24-44-39(45-34)36-10-8-20-48(36)41(51)38(26(3)4)46-42(52)54-6/h11-18,23-26,32,35-36,38,40,50H,7-10,19-22H2,1-6H3,(H,44,45)(H,46,52)/t32-,35-,36-,38-,40+/m0/s1. The number of hydrogen-bond donors (Lipinski definition) is 3. The molecule has 0 bridgehead atoms. The molecule has 0 unspecified atom stereocenters. The molecule has 3 N–H and O–H groups in total. The zero-order valence-corrected chi connectivity index (χ0v) is 32.2. The average molecular weight is 739 g/mol. The van der Waals surface area contributed by atoms with E-state index < -0.39 is 18.4 Å². The fraction of sp³-hybridized carbons (Fsp3) is 0.500. The minimum atomic E-state index is -0.737. The summed E-state index contributed by atoms with van der Waals surface area (Å²) in [7, 11) is 2.68. The predicted molar refractivity (Wildman–Crippen MR) is 208 cm³/mol. The fourth-order valence-corrected chi connectivity index (χ4v) is 8.06. The molecule has 5 atom stereocenters. The van der Waals surface area contributed by atoms with Gasteiger partial charge in [-0.25, -0.2) is 9.78 Å². The highest BCUT2D eigenvalue weighted by Crippen LogP contribution is 2.36. The quantitative estimate of drug-likeness (QED) is 0.166. The van der Waals surface area contributed by atoms with Crippen LogP contribution in [0.2, 0.25) is 0 Å². The molecule has 54 heavy (non-hydrogen) atoms. The number of methoxy groups -OCH3 is 2. The van der Waals surface area contributed by atoms with E-state index in [1.54, 1.807) is 0 Å². The van der Waals surface area contributed by atoms with Crippen LogP contribution in [0.4, 0.5) is 4.79 Å². The van der Waals surface area contributed by atoms with Crippen molar-refractivity contribution in [1.82, 2.24) is 25.1 Å². The Morgan fingerprint density at radius 3 is 2.13 bits per heavy atom. The normalized spacial score (nSPS) is 20.5. The van der Waals surface area contributed by atoms with E-state index in [2.05, 4.69) is 68.7 Å². The van der Waals surface area contributed by atoms with Crippen LogP contribution in [-0.4, -0.2) is 94.2 Å². The molecule has 2 amide bonds. The van der Waals surface area contributed by atoms with Crippen LogP contribution < -0.4 is 5.32 Å². The van der Waals surface area contributed by atoms with Crippen LogP contribution in [0.5, 0.6) is 0 Å². The van der Waals surface area contributed by atoms with E-state index in [1.165, 1.54) is 14.2 Å². The van der Waals surface area contributed by atoms with Crippen molar-refractivity contribution in [3.8, 4) is 22.4 Å². The van der Waals surface area contributed by atoms with Gasteiger partial charge in [-0.3, -0.25) is 19.5 Å². The lowest BCUT2D eigenvalue weighted by atomic mass is 9.89. The van der Waals surface area contributed by atoms with Gasteiger partial charge in [0.15, 0.2) is 0 Å². The minimum absolute atomic E-state index is 0.0449. The first-order chi connectivity index (χ1) is 26.0. The van der Waals surface area contributed by atoms with Gasteiger partial charge in [0, 0.05) is 37.3 Å². The molecule has 0 aliphatic carbocycles. The minimum Gasteiger partial charge on any atom is -0.469 e. The maximum Gasteiger partial charge on any atom is 0.407 e. The zero-order chi connectivity index (χ0) is 38.5. The Balaban J connectivity index is 1.07. The molecule has 3 aliphatic rings. The first-order valence-corrected chi connectivity index (χ1v) is 19.2. The topological polar surface area (TPSA) is 149 Å². The van der Waals surface area contributed by atoms with Gasteiger partial charge in [0.2, 0.25) is 5.91 Å². The zero-order valence-electron chi connectivity index (χ0n) is 32.2. The number of aliphatic hydroxyl groups is 1. The number of carbonyl (C=O) groups excluding carboxylic acids is 3. The van der Waals surface area contributed by atoms with Gasteiger partial charge in [0.1, 0.15) is 18.1 Å². The summed E-state index contributed by atoms with van der Waals surface area (Å²) in [6, 6.07) is 16.1. The second-order valence-corrected chi connectivity index (χ2v) is 15.3. The number of likely N-dealkylation sites (tertiary alicyclic amines) is 2. The molecule has 3 aromatic rings. The number of esters is 1. The highest BCUT2D eigenvalue weighted by atomic mass is 16.5. The lowest BCUT2D eigenvalue weighted by Gasteiger charge is -2.36. The van der Waals surface area contributed by atoms with Crippen LogP contribution in [0.25, 0.3) is 28.0 Å². The monoisotopic (exact) mass is 738 g/mol. The van der Waals surface area contributed by atoms with E-state index in [0.29, 0.717) is 6.54 Å². The van der Waals surface area contributed by atoms with E-state index >= 15 is 0 Å². The molecule has 0 radical (unpaired) electrons. The number of hydrogen-bond acceptors (Lipinski definition) is 9. The predicted octanol–water partition coefficient (Wildman–Crippen LogP) is 6.59. The first-order valence-electron chi connectivity index (χ1n) is 19.2. The third-order valence-electron chi connectivity index (χ3n) is 11.3. The summed E-state index contributed by atoms with van der Waals surface area (Å²) in [5.74, 6) is 0.121. The first kappa shape index (κ1) is 38.9. The van der Waals surface area contributed by atoms with E-state index in [9.17, 15) is 19.5 Å². The van der Waals surface area contributed by atoms with E-state index in [0.717, 1.165) is 83.7 Å². The lowest BCUT2D eigenvalue weighted by molar-refractivity contribution is -0.146. The van der Waals surface area contributed by atoms with Gasteiger partial charge >= 0.3 is 12.1 Å². The number of imidazole rings is 1. The highest BCUT2D eigenvalue weighted by Gasteiger charge is 2.40. The van der Waals surface area contributed by atoms with Crippen LogP contribution in [0.15, 0.2) is 65.9 Å². The number of ether oxygens (including phenoxy) is 2. The molecule has 1 aromatic heterocycles. The van der Waals surface area contributed by atoms with Crippen molar-refractivity contribution in [2.45, 2.75) is 90.6 Å². The van der Waals surface area contributed by atoms with Crippen LogP contribution in [0, 0.1) is 17.8 Å². The molecule has 3 aliphatic heterocycles. The number of nitrogens with one attached hydrogen (secondary N) is 2. The Kier molecular flexibility index (Phi) is 12.3. The molecule has 2 fully saturated rings. The maximum absolute atomic E-state index is 13.5. The molecule has 288 valence electrons. The Bertz CT molecular complexity index is 1850. The molecular formula is C42H54N6O6. The summed E-state index contributed by atoms with van der Waals surface area (Å²) < 4.78 is 9.67. The number of aliphatic imine (C=N–C) groups is 1. The third kappa shape index (κ3) is 8.44. The van der Waals surface area contributed by atoms with Crippen LogP contribution in [-0.2, 0) is 19.1 Å². The van der Waals surface area contributed by atoms with Gasteiger partial charge in [-0.2, -0.15) is 0 Å². The largest absolute Gasteiger partial charge is 0.469 e. The van der Waals surface area contributed by atoms with Crippen LogP contribution in [0.1, 0.15) is 83.6 Å². The maximum atomic E-state index is 13.5. The molecule has 2 saturated heterocycles. The van der Waals surface area contributed by atoms with Gasteiger partial charge < -0.3 is 29.8 Å². The van der Waals surface area contributed by atoms with Crippen molar-refractivity contribution in [2.75, 3.05) is 27.3 Å². The summed E-state index contributed by atoms with van der Waals surface area (Å²) in [5, 5.41) is 14.1. The summed E-state index contributed by atoms with van der Waals surface area (Å²) in [5.41, 5.74) is 7.40. The lowest BCUT2D eigenvalue weighted by Crippen LogP contribution is -2.51. The molecule has 6 rings (SSSR count). The van der Waals surface area contributed by atoms with Gasteiger partial charge in [0.25, 0.3) is 0 Å². The number of aliphatic hydroxyl groups excluding tert-OH is 1. The molecule has 2 aromatic carbocycles. The van der Waals surface area contributed by atoms with Crippen molar-refractivity contribution >= 4 is 29.3 Å². The van der Waals surface area contributed by atoms with Crippen molar-refractivity contribution in [1.29, 1.82) is 0 Å². The van der Waals surface area contributed by atoms with Gasteiger partial charge in [-0.15, -0.1) is 0 Å². The second kappa shape index (κ2) is 17.1. The average Bonchev–Trinajstić information content (AvgIpc) is 4.02. The number of nitrogens with zero attached hydrogens (tertiary/aromatic N) is 4. The van der Waals surface area contributed by atoms with Crippen LogP contribution >= 0.6 is 0 Å². The number of rotatable bonds is 13. The number of benzene rings is 2.